The number of hydrogen-bond donors (Lipinski definition) is 2. The lowest BCUT2D eigenvalue weighted by atomic mass is 10.0. The van der Waals surface area contributed by atoms with Gasteiger partial charge < -0.3 is 15.3 Å². The maximum atomic E-state index is 12.0. The first-order chi connectivity index (χ1) is 8.36. The molecule has 5 heteroatoms. The SMILES string of the molecule is CC1=C(NC(=O)CC(C)C)N2CCC[C@@]2(O)C1=O. The zero-order valence-electron chi connectivity index (χ0n) is 11.1. The number of rotatable bonds is 3. The van der Waals surface area contributed by atoms with Crippen molar-refractivity contribution >= 4 is 11.7 Å². The molecule has 0 spiro atoms. The molecular formula is C13H20N2O3. The average Bonchev–Trinajstić information content (AvgIpc) is 2.72. The average molecular weight is 252 g/mol. The van der Waals surface area contributed by atoms with E-state index in [2.05, 4.69) is 5.32 Å². The van der Waals surface area contributed by atoms with E-state index >= 15 is 0 Å². The molecule has 1 atom stereocenters. The molecule has 0 saturated carbocycles. The highest BCUT2D eigenvalue weighted by atomic mass is 16.3. The predicted molar refractivity (Wildman–Crippen MR) is 66.2 cm³/mol. The summed E-state index contributed by atoms with van der Waals surface area (Å²) in [5, 5.41) is 13.1. The first-order valence-electron chi connectivity index (χ1n) is 6.42. The molecule has 0 aromatic heterocycles. The Kier molecular flexibility index (Phi) is 3.19. The van der Waals surface area contributed by atoms with Gasteiger partial charge in [0.25, 0.3) is 0 Å². The number of fused-ring (bicyclic) bond motifs is 1. The highest BCUT2D eigenvalue weighted by Gasteiger charge is 2.53. The minimum atomic E-state index is -1.41. The molecule has 18 heavy (non-hydrogen) atoms. The number of carbonyl (C=O) groups excluding carboxylic acids is 2. The van der Waals surface area contributed by atoms with Crippen molar-refractivity contribution in [2.75, 3.05) is 6.54 Å². The zero-order valence-corrected chi connectivity index (χ0v) is 11.1. The fourth-order valence-electron chi connectivity index (χ4n) is 2.66. The minimum absolute atomic E-state index is 0.108. The Morgan fingerprint density at radius 3 is 2.83 bits per heavy atom. The third-order valence-electron chi connectivity index (χ3n) is 3.53. The van der Waals surface area contributed by atoms with Crippen molar-refractivity contribution in [3.63, 3.8) is 0 Å². The molecule has 0 radical (unpaired) electrons. The molecule has 2 rings (SSSR count). The van der Waals surface area contributed by atoms with Gasteiger partial charge in [-0.3, -0.25) is 9.59 Å². The number of nitrogens with one attached hydrogen (secondary N) is 1. The summed E-state index contributed by atoms with van der Waals surface area (Å²) >= 11 is 0. The normalized spacial score (nSPS) is 27.2. The Morgan fingerprint density at radius 1 is 1.56 bits per heavy atom. The smallest absolute Gasteiger partial charge is 0.225 e. The summed E-state index contributed by atoms with van der Waals surface area (Å²) in [4.78, 5) is 25.4. The van der Waals surface area contributed by atoms with Crippen LogP contribution < -0.4 is 5.32 Å². The van der Waals surface area contributed by atoms with Crippen LogP contribution in [0.25, 0.3) is 0 Å². The van der Waals surface area contributed by atoms with Gasteiger partial charge in [-0.1, -0.05) is 13.8 Å². The van der Waals surface area contributed by atoms with Crippen LogP contribution in [0.2, 0.25) is 0 Å². The standard InChI is InChI=1S/C13H20N2O3/c1-8(2)7-10(16)14-12-9(3)11(17)13(18)5-4-6-15(12)13/h8,18H,4-7H2,1-3H3,(H,14,16)/t13-/m1/s1. The van der Waals surface area contributed by atoms with Crippen LogP contribution in [-0.4, -0.2) is 34.0 Å². The van der Waals surface area contributed by atoms with Gasteiger partial charge in [-0.2, -0.15) is 0 Å². The monoisotopic (exact) mass is 252 g/mol. The van der Waals surface area contributed by atoms with Gasteiger partial charge in [0.1, 0.15) is 5.82 Å². The van der Waals surface area contributed by atoms with Gasteiger partial charge in [0.05, 0.1) is 0 Å². The summed E-state index contributed by atoms with van der Waals surface area (Å²) in [5.74, 6) is 0.370. The summed E-state index contributed by atoms with van der Waals surface area (Å²) in [6.45, 7) is 6.19. The lowest BCUT2D eigenvalue weighted by molar-refractivity contribution is -0.143. The second-order valence-electron chi connectivity index (χ2n) is 5.52. The second-order valence-corrected chi connectivity index (χ2v) is 5.52. The van der Waals surface area contributed by atoms with Crippen LogP contribution >= 0.6 is 0 Å². The molecule has 1 saturated heterocycles. The van der Waals surface area contributed by atoms with Gasteiger partial charge in [0.2, 0.25) is 17.4 Å². The van der Waals surface area contributed by atoms with Crippen LogP contribution in [0.1, 0.15) is 40.0 Å². The fourth-order valence-corrected chi connectivity index (χ4v) is 2.66. The maximum absolute atomic E-state index is 12.0. The van der Waals surface area contributed by atoms with E-state index in [1.54, 1.807) is 11.8 Å². The molecule has 1 fully saturated rings. The lowest BCUT2D eigenvalue weighted by Crippen LogP contribution is -2.46. The summed E-state index contributed by atoms with van der Waals surface area (Å²) < 4.78 is 0. The Hall–Kier alpha value is -1.36. The topological polar surface area (TPSA) is 69.6 Å². The summed E-state index contributed by atoms with van der Waals surface area (Å²) in [6, 6.07) is 0. The van der Waals surface area contributed by atoms with Crippen LogP contribution in [0.5, 0.6) is 0 Å². The highest BCUT2D eigenvalue weighted by Crippen LogP contribution is 2.39. The minimum Gasteiger partial charge on any atom is -0.364 e. The van der Waals surface area contributed by atoms with Gasteiger partial charge in [-0.05, 0) is 19.3 Å². The summed E-state index contributed by atoms with van der Waals surface area (Å²) in [6.07, 6.45) is 1.61. The van der Waals surface area contributed by atoms with Gasteiger partial charge in [-0.15, -0.1) is 0 Å². The number of amides is 1. The van der Waals surface area contributed by atoms with E-state index in [0.29, 0.717) is 30.8 Å². The van der Waals surface area contributed by atoms with E-state index in [0.717, 1.165) is 6.42 Å². The van der Waals surface area contributed by atoms with Crippen molar-refractivity contribution in [2.24, 2.45) is 5.92 Å². The Labute approximate surface area is 107 Å². The van der Waals surface area contributed by atoms with Crippen molar-refractivity contribution < 1.29 is 14.7 Å². The Bertz CT molecular complexity index is 428. The van der Waals surface area contributed by atoms with Crippen molar-refractivity contribution in [1.29, 1.82) is 0 Å². The fraction of sp³-hybridized carbons (Fsp3) is 0.692. The van der Waals surface area contributed by atoms with Crippen LogP contribution in [-0.2, 0) is 9.59 Å². The highest BCUT2D eigenvalue weighted by molar-refractivity contribution is 6.05. The maximum Gasteiger partial charge on any atom is 0.225 e. The number of hydrogen-bond acceptors (Lipinski definition) is 4. The largest absolute Gasteiger partial charge is 0.364 e. The third kappa shape index (κ3) is 1.92. The van der Waals surface area contributed by atoms with E-state index in [-0.39, 0.29) is 17.6 Å². The quantitative estimate of drug-likeness (QED) is 0.777. The molecule has 0 aromatic rings. The lowest BCUT2D eigenvalue weighted by Gasteiger charge is -2.28. The molecule has 0 aromatic carbocycles. The van der Waals surface area contributed by atoms with Gasteiger partial charge >= 0.3 is 0 Å². The second kappa shape index (κ2) is 4.39. The van der Waals surface area contributed by atoms with Crippen LogP contribution in [0.4, 0.5) is 0 Å². The molecular weight excluding hydrogens is 232 g/mol. The molecule has 100 valence electrons. The van der Waals surface area contributed by atoms with Crippen molar-refractivity contribution in [2.45, 2.75) is 45.8 Å². The molecule has 2 N–H and O–H groups in total. The van der Waals surface area contributed by atoms with Crippen molar-refractivity contribution in [1.82, 2.24) is 10.2 Å². The van der Waals surface area contributed by atoms with Crippen molar-refractivity contribution in [3.8, 4) is 0 Å². The Morgan fingerprint density at radius 2 is 2.22 bits per heavy atom. The van der Waals surface area contributed by atoms with E-state index in [9.17, 15) is 14.7 Å². The number of ketones is 1. The van der Waals surface area contributed by atoms with Crippen LogP contribution in [0, 0.1) is 5.92 Å². The molecule has 0 bridgehead atoms. The van der Waals surface area contributed by atoms with Gasteiger partial charge in [0, 0.05) is 25.0 Å². The molecule has 2 heterocycles. The predicted octanol–water partition coefficient (Wildman–Crippen LogP) is 0.747. The first-order valence-corrected chi connectivity index (χ1v) is 6.42. The van der Waals surface area contributed by atoms with E-state index < -0.39 is 5.72 Å². The molecule has 0 aliphatic carbocycles. The first kappa shape index (κ1) is 13.1. The summed E-state index contributed by atoms with van der Waals surface area (Å²) in [5.41, 5.74) is -0.959. The molecule has 1 amide bonds. The van der Waals surface area contributed by atoms with E-state index in [1.165, 1.54) is 0 Å². The third-order valence-corrected chi connectivity index (χ3v) is 3.53. The molecule has 2 aliphatic rings. The van der Waals surface area contributed by atoms with Crippen molar-refractivity contribution in [3.05, 3.63) is 11.4 Å². The summed E-state index contributed by atoms with van der Waals surface area (Å²) in [7, 11) is 0. The molecule has 5 nitrogen and oxygen atoms in total. The van der Waals surface area contributed by atoms with Gasteiger partial charge in [-0.25, -0.2) is 0 Å². The van der Waals surface area contributed by atoms with E-state index in [4.69, 9.17) is 0 Å². The molecule has 2 aliphatic heterocycles. The zero-order chi connectivity index (χ0) is 13.5. The van der Waals surface area contributed by atoms with Gasteiger partial charge in [0.15, 0.2) is 0 Å². The molecule has 0 unspecified atom stereocenters. The Balaban J connectivity index is 2.17. The number of Topliss-reactive ketones (excluding diaryl/α,β-unsaturated/α-hetero) is 1. The number of carbonyl (C=O) groups is 2. The van der Waals surface area contributed by atoms with Crippen LogP contribution in [0.3, 0.4) is 0 Å². The van der Waals surface area contributed by atoms with E-state index in [1.807, 2.05) is 13.8 Å². The number of nitrogens with zero attached hydrogens (tertiary/aromatic N) is 1. The van der Waals surface area contributed by atoms with Crippen LogP contribution in [0.15, 0.2) is 11.4 Å². The number of aliphatic hydroxyl groups is 1.